The van der Waals surface area contributed by atoms with Gasteiger partial charge in [0.05, 0.1) is 13.6 Å². The van der Waals surface area contributed by atoms with Gasteiger partial charge in [-0.25, -0.2) is 0 Å². The summed E-state index contributed by atoms with van der Waals surface area (Å²) < 4.78 is 0. The normalized spacial score (nSPS) is 12.9. The van der Waals surface area contributed by atoms with E-state index in [4.69, 9.17) is 0 Å². The maximum Gasteiger partial charge on any atom is 0.188 e. The second kappa shape index (κ2) is 7.33. The summed E-state index contributed by atoms with van der Waals surface area (Å²) in [6.07, 6.45) is 6.51. The van der Waals surface area contributed by atoms with Crippen molar-refractivity contribution in [3.8, 4) is 0 Å². The first-order valence-electron chi connectivity index (χ1n) is 6.18. The van der Waals surface area contributed by atoms with Crippen LogP contribution in [0.3, 0.4) is 0 Å². The molecule has 0 radical (unpaired) electrons. The maximum atomic E-state index is 4.12. The van der Waals surface area contributed by atoms with E-state index in [2.05, 4.69) is 34.6 Å². The Morgan fingerprint density at radius 2 is 2.12 bits per heavy atom. The van der Waals surface area contributed by atoms with Gasteiger partial charge in [0.1, 0.15) is 0 Å². The van der Waals surface area contributed by atoms with Gasteiger partial charge in [0.25, 0.3) is 0 Å². The quantitative estimate of drug-likeness (QED) is 0.684. The van der Waals surface area contributed by atoms with E-state index in [0.29, 0.717) is 12.6 Å². The fourth-order valence-electron chi connectivity index (χ4n) is 1.64. The second-order valence-electron chi connectivity index (χ2n) is 4.33. The van der Waals surface area contributed by atoms with Gasteiger partial charge in [-0.15, -0.1) is 10.2 Å². The van der Waals surface area contributed by atoms with Gasteiger partial charge >= 0.3 is 0 Å². The van der Waals surface area contributed by atoms with Crippen LogP contribution in [0.5, 0.6) is 0 Å². The highest BCUT2D eigenvalue weighted by atomic mass is 15.6. The van der Waals surface area contributed by atoms with Gasteiger partial charge in [0, 0.05) is 6.04 Å². The molecule has 1 aromatic heterocycles. The molecule has 1 aromatic rings. The van der Waals surface area contributed by atoms with Crippen molar-refractivity contribution in [3.05, 3.63) is 5.82 Å². The fourth-order valence-corrected chi connectivity index (χ4v) is 1.64. The van der Waals surface area contributed by atoms with Crippen molar-refractivity contribution < 1.29 is 0 Å². The number of hydrogen-bond acceptors (Lipinski definition) is 4. The highest BCUT2D eigenvalue weighted by Gasteiger charge is 2.04. The Hall–Kier alpha value is -0.970. The van der Waals surface area contributed by atoms with Gasteiger partial charge in [-0.3, -0.25) is 0 Å². The Balaban J connectivity index is 2.08. The lowest BCUT2D eigenvalue weighted by Crippen LogP contribution is -2.25. The van der Waals surface area contributed by atoms with Crippen molar-refractivity contribution in [2.45, 2.75) is 58.5 Å². The van der Waals surface area contributed by atoms with E-state index in [1.54, 1.807) is 7.05 Å². The van der Waals surface area contributed by atoms with Gasteiger partial charge in [-0.2, -0.15) is 4.80 Å². The molecule has 1 unspecified atom stereocenters. The lowest BCUT2D eigenvalue weighted by Gasteiger charge is -2.11. The highest BCUT2D eigenvalue weighted by molar-refractivity contribution is 4.76. The van der Waals surface area contributed by atoms with Crippen LogP contribution in [0.4, 0.5) is 0 Å². The smallest absolute Gasteiger partial charge is 0.188 e. The molecule has 92 valence electrons. The zero-order valence-electron chi connectivity index (χ0n) is 10.6. The number of nitrogens with one attached hydrogen (secondary N) is 1. The van der Waals surface area contributed by atoms with E-state index < -0.39 is 0 Å². The van der Waals surface area contributed by atoms with Crippen LogP contribution in [0.2, 0.25) is 0 Å². The molecule has 0 spiro atoms. The third-order valence-electron chi connectivity index (χ3n) is 2.65. The number of hydrogen-bond donors (Lipinski definition) is 1. The molecule has 0 aliphatic heterocycles. The summed E-state index contributed by atoms with van der Waals surface area (Å²) in [7, 11) is 1.78. The lowest BCUT2D eigenvalue weighted by molar-refractivity contribution is 0.475. The largest absolute Gasteiger partial charge is 0.307 e. The topological polar surface area (TPSA) is 55.6 Å². The minimum atomic E-state index is 0.528. The van der Waals surface area contributed by atoms with Gasteiger partial charge in [-0.1, -0.05) is 32.6 Å². The summed E-state index contributed by atoms with van der Waals surface area (Å²) in [6, 6.07) is 0.528. The van der Waals surface area contributed by atoms with Crippen molar-refractivity contribution in [1.29, 1.82) is 0 Å². The molecule has 1 N–H and O–H groups in total. The van der Waals surface area contributed by atoms with Gasteiger partial charge in [-0.05, 0) is 18.6 Å². The van der Waals surface area contributed by atoms with Gasteiger partial charge in [0.2, 0.25) is 0 Å². The summed E-state index contributed by atoms with van der Waals surface area (Å²) in [5.74, 6) is 0.767. The van der Waals surface area contributed by atoms with Crippen molar-refractivity contribution in [2.75, 3.05) is 0 Å². The number of aryl methyl sites for hydroxylation is 1. The summed E-state index contributed by atoms with van der Waals surface area (Å²) >= 11 is 0. The number of unbranched alkanes of at least 4 members (excludes halogenated alkanes) is 3. The van der Waals surface area contributed by atoms with E-state index in [1.807, 2.05) is 0 Å². The molecule has 0 aliphatic rings. The van der Waals surface area contributed by atoms with Crippen LogP contribution in [-0.4, -0.2) is 26.2 Å². The first kappa shape index (κ1) is 13.1. The number of rotatable bonds is 8. The Morgan fingerprint density at radius 1 is 1.31 bits per heavy atom. The van der Waals surface area contributed by atoms with E-state index in [-0.39, 0.29) is 0 Å². The van der Waals surface area contributed by atoms with Crippen molar-refractivity contribution in [3.63, 3.8) is 0 Å². The number of aromatic nitrogens is 4. The van der Waals surface area contributed by atoms with Crippen molar-refractivity contribution in [1.82, 2.24) is 25.5 Å². The summed E-state index contributed by atoms with van der Waals surface area (Å²) in [6.45, 7) is 5.16. The molecule has 1 heterocycles. The summed E-state index contributed by atoms with van der Waals surface area (Å²) in [5.41, 5.74) is 0. The third-order valence-corrected chi connectivity index (χ3v) is 2.65. The zero-order chi connectivity index (χ0) is 11.8. The molecular weight excluding hydrogens is 202 g/mol. The molecule has 0 bridgehead atoms. The molecule has 0 fully saturated rings. The van der Waals surface area contributed by atoms with E-state index in [0.717, 1.165) is 5.82 Å². The van der Waals surface area contributed by atoms with Crippen LogP contribution in [0.25, 0.3) is 0 Å². The van der Waals surface area contributed by atoms with Crippen LogP contribution in [0, 0.1) is 0 Å². The minimum absolute atomic E-state index is 0.528. The van der Waals surface area contributed by atoms with Gasteiger partial charge < -0.3 is 5.32 Å². The van der Waals surface area contributed by atoms with Crippen LogP contribution >= 0.6 is 0 Å². The monoisotopic (exact) mass is 225 g/mol. The van der Waals surface area contributed by atoms with Gasteiger partial charge in [0.15, 0.2) is 5.82 Å². The molecule has 1 rings (SSSR count). The zero-order valence-corrected chi connectivity index (χ0v) is 10.6. The predicted molar refractivity (Wildman–Crippen MR) is 63.9 cm³/mol. The van der Waals surface area contributed by atoms with Crippen LogP contribution in [0.1, 0.15) is 51.8 Å². The minimum Gasteiger partial charge on any atom is -0.307 e. The Morgan fingerprint density at radius 3 is 2.75 bits per heavy atom. The number of nitrogens with zero attached hydrogens (tertiary/aromatic N) is 4. The molecule has 0 amide bonds. The van der Waals surface area contributed by atoms with Crippen molar-refractivity contribution in [2.24, 2.45) is 7.05 Å². The molecule has 0 saturated carbocycles. The van der Waals surface area contributed by atoms with Crippen LogP contribution in [-0.2, 0) is 13.6 Å². The van der Waals surface area contributed by atoms with E-state index >= 15 is 0 Å². The van der Waals surface area contributed by atoms with E-state index in [9.17, 15) is 0 Å². The second-order valence-corrected chi connectivity index (χ2v) is 4.33. The first-order valence-corrected chi connectivity index (χ1v) is 6.18. The Labute approximate surface area is 97.6 Å². The van der Waals surface area contributed by atoms with E-state index in [1.165, 1.54) is 36.9 Å². The highest BCUT2D eigenvalue weighted by Crippen LogP contribution is 2.05. The molecule has 0 aromatic carbocycles. The molecule has 0 saturated heterocycles. The molecular formula is C11H23N5. The maximum absolute atomic E-state index is 4.12. The van der Waals surface area contributed by atoms with Crippen molar-refractivity contribution >= 4 is 0 Å². The summed E-state index contributed by atoms with van der Waals surface area (Å²) in [4.78, 5) is 1.49. The number of tetrazole rings is 1. The average Bonchev–Trinajstić information content (AvgIpc) is 2.68. The Bertz CT molecular complexity index is 284. The predicted octanol–water partition coefficient (Wildman–Crippen LogP) is 1.66. The first-order chi connectivity index (χ1) is 7.72. The standard InChI is InChI=1S/C11H23N5/c1-4-5-6-7-8-10(2)12-9-11-13-15-16(3)14-11/h10,12H,4-9H2,1-3H3. The third kappa shape index (κ3) is 5.21. The average molecular weight is 225 g/mol. The molecule has 5 heteroatoms. The van der Waals surface area contributed by atoms with Crippen LogP contribution < -0.4 is 5.32 Å². The Kier molecular flexibility index (Phi) is 6.00. The lowest BCUT2D eigenvalue weighted by atomic mass is 10.1. The fraction of sp³-hybridized carbons (Fsp3) is 0.909. The summed E-state index contributed by atoms with van der Waals surface area (Å²) in [5, 5.41) is 15.3. The molecule has 5 nitrogen and oxygen atoms in total. The molecule has 1 atom stereocenters. The molecule has 0 aliphatic carbocycles. The van der Waals surface area contributed by atoms with Crippen LogP contribution in [0.15, 0.2) is 0 Å². The SMILES string of the molecule is CCCCCCC(C)NCc1nnn(C)n1. The molecule has 16 heavy (non-hydrogen) atoms.